The Morgan fingerprint density at radius 3 is 2.56 bits per heavy atom. The first kappa shape index (κ1) is 13.1. The van der Waals surface area contributed by atoms with E-state index in [1.807, 2.05) is 0 Å². The molecular weight excluding hydrogens is 280 g/mol. The number of hydrogen-bond acceptors (Lipinski definition) is 1. The standard InChI is InChI=1S/C11H12BrF2NO/c1-11(2,6-12)15-10(16)8-4-3-7(13)5-9(8)14/h3-5H,6H2,1-2H3,(H,15,16). The number of alkyl halides is 1. The highest BCUT2D eigenvalue weighted by molar-refractivity contribution is 9.09. The van der Waals surface area contributed by atoms with Gasteiger partial charge in [-0.05, 0) is 26.0 Å². The number of carbonyl (C=O) groups is 1. The average Bonchev–Trinajstić information content (AvgIpc) is 2.16. The van der Waals surface area contributed by atoms with Gasteiger partial charge in [-0.2, -0.15) is 0 Å². The highest BCUT2D eigenvalue weighted by Crippen LogP contribution is 2.12. The Morgan fingerprint density at radius 2 is 2.06 bits per heavy atom. The minimum atomic E-state index is -0.858. The maximum absolute atomic E-state index is 13.3. The van der Waals surface area contributed by atoms with E-state index in [9.17, 15) is 13.6 Å². The van der Waals surface area contributed by atoms with Gasteiger partial charge in [-0.15, -0.1) is 0 Å². The normalized spacial score (nSPS) is 11.3. The molecule has 0 heterocycles. The first-order valence-electron chi connectivity index (χ1n) is 4.69. The summed E-state index contributed by atoms with van der Waals surface area (Å²) in [5, 5.41) is 3.17. The molecule has 1 amide bonds. The number of halogens is 3. The van der Waals surface area contributed by atoms with Crippen LogP contribution in [0.15, 0.2) is 18.2 Å². The van der Waals surface area contributed by atoms with E-state index in [-0.39, 0.29) is 5.56 Å². The van der Waals surface area contributed by atoms with Gasteiger partial charge in [-0.3, -0.25) is 4.79 Å². The Hall–Kier alpha value is -0.970. The van der Waals surface area contributed by atoms with Crippen molar-refractivity contribution in [2.75, 3.05) is 5.33 Å². The fourth-order valence-electron chi connectivity index (χ4n) is 1.08. The van der Waals surface area contributed by atoms with Crippen LogP contribution in [-0.2, 0) is 0 Å². The zero-order valence-electron chi connectivity index (χ0n) is 8.98. The van der Waals surface area contributed by atoms with E-state index < -0.39 is 23.1 Å². The van der Waals surface area contributed by atoms with E-state index in [1.165, 1.54) is 0 Å². The van der Waals surface area contributed by atoms with Crippen LogP contribution < -0.4 is 5.32 Å². The lowest BCUT2D eigenvalue weighted by molar-refractivity contribution is 0.0917. The van der Waals surface area contributed by atoms with Gasteiger partial charge in [-0.25, -0.2) is 8.78 Å². The molecule has 5 heteroatoms. The monoisotopic (exact) mass is 291 g/mol. The Bertz CT molecular complexity index is 407. The van der Waals surface area contributed by atoms with Crippen molar-refractivity contribution in [1.29, 1.82) is 0 Å². The molecule has 0 radical (unpaired) electrons. The molecule has 0 saturated heterocycles. The van der Waals surface area contributed by atoms with Gasteiger partial charge in [0.05, 0.1) is 5.56 Å². The molecular formula is C11H12BrF2NO. The third-order valence-electron chi connectivity index (χ3n) is 1.96. The second kappa shape index (κ2) is 4.91. The molecule has 0 aromatic heterocycles. The van der Waals surface area contributed by atoms with Gasteiger partial charge in [0.15, 0.2) is 0 Å². The van der Waals surface area contributed by atoms with Crippen LogP contribution in [0.1, 0.15) is 24.2 Å². The Morgan fingerprint density at radius 1 is 1.44 bits per heavy atom. The fourth-order valence-corrected chi connectivity index (χ4v) is 1.22. The van der Waals surface area contributed by atoms with Crippen LogP contribution in [0.2, 0.25) is 0 Å². The van der Waals surface area contributed by atoms with Gasteiger partial charge in [0.1, 0.15) is 11.6 Å². The predicted octanol–water partition coefficient (Wildman–Crippen LogP) is 2.87. The highest BCUT2D eigenvalue weighted by Gasteiger charge is 2.21. The average molecular weight is 292 g/mol. The van der Waals surface area contributed by atoms with Crippen molar-refractivity contribution in [3.8, 4) is 0 Å². The zero-order chi connectivity index (χ0) is 12.3. The first-order chi connectivity index (χ1) is 7.35. The number of hydrogen-bond donors (Lipinski definition) is 1. The minimum absolute atomic E-state index is 0.157. The quantitative estimate of drug-likeness (QED) is 0.853. The summed E-state index contributed by atoms with van der Waals surface area (Å²) in [5.74, 6) is -2.11. The van der Waals surface area contributed by atoms with E-state index in [2.05, 4.69) is 21.2 Å². The molecule has 0 unspecified atom stereocenters. The van der Waals surface area contributed by atoms with Crippen molar-refractivity contribution >= 4 is 21.8 Å². The molecule has 1 aromatic carbocycles. The molecule has 0 aliphatic carbocycles. The van der Waals surface area contributed by atoms with Crippen molar-refractivity contribution in [1.82, 2.24) is 5.32 Å². The van der Waals surface area contributed by atoms with Crippen LogP contribution in [0.4, 0.5) is 8.78 Å². The summed E-state index contributed by atoms with van der Waals surface area (Å²) in [6.45, 7) is 3.59. The minimum Gasteiger partial charge on any atom is -0.346 e. The molecule has 1 N–H and O–H groups in total. The van der Waals surface area contributed by atoms with Gasteiger partial charge in [0.25, 0.3) is 5.91 Å². The van der Waals surface area contributed by atoms with Crippen LogP contribution in [0, 0.1) is 11.6 Å². The molecule has 16 heavy (non-hydrogen) atoms. The molecule has 0 bridgehead atoms. The Balaban J connectivity index is 2.89. The summed E-state index contributed by atoms with van der Waals surface area (Å²) >= 11 is 3.23. The molecule has 88 valence electrons. The van der Waals surface area contributed by atoms with Gasteiger partial charge in [0.2, 0.25) is 0 Å². The Kier molecular flexibility index (Phi) is 4.02. The maximum atomic E-state index is 13.3. The van der Waals surface area contributed by atoms with E-state index in [1.54, 1.807) is 13.8 Å². The number of nitrogens with one attached hydrogen (secondary N) is 1. The van der Waals surface area contributed by atoms with Crippen molar-refractivity contribution < 1.29 is 13.6 Å². The fraction of sp³-hybridized carbons (Fsp3) is 0.364. The number of benzene rings is 1. The number of carbonyl (C=O) groups excluding carboxylic acids is 1. The molecule has 1 rings (SSSR count). The summed E-state index contributed by atoms with van der Waals surface area (Å²) in [6, 6.07) is 2.87. The Labute approximate surface area is 101 Å². The van der Waals surface area contributed by atoms with Crippen LogP contribution in [0.5, 0.6) is 0 Å². The summed E-state index contributed by atoms with van der Waals surface area (Å²) in [4.78, 5) is 11.7. The topological polar surface area (TPSA) is 29.1 Å². The van der Waals surface area contributed by atoms with Crippen molar-refractivity contribution in [2.24, 2.45) is 0 Å². The van der Waals surface area contributed by atoms with Crippen LogP contribution in [-0.4, -0.2) is 16.8 Å². The molecule has 1 aromatic rings. The summed E-state index contributed by atoms with van der Waals surface area (Å²) < 4.78 is 25.9. The SMILES string of the molecule is CC(C)(CBr)NC(=O)c1ccc(F)cc1F. The summed E-state index contributed by atoms with van der Waals surface area (Å²) in [7, 11) is 0. The largest absolute Gasteiger partial charge is 0.346 e. The predicted molar refractivity (Wildman–Crippen MR) is 61.7 cm³/mol. The van der Waals surface area contributed by atoms with Gasteiger partial charge in [0, 0.05) is 16.9 Å². The third-order valence-corrected chi connectivity index (χ3v) is 3.36. The van der Waals surface area contributed by atoms with E-state index in [4.69, 9.17) is 0 Å². The van der Waals surface area contributed by atoms with E-state index >= 15 is 0 Å². The van der Waals surface area contributed by atoms with Crippen molar-refractivity contribution in [2.45, 2.75) is 19.4 Å². The zero-order valence-corrected chi connectivity index (χ0v) is 10.6. The number of amides is 1. The molecule has 0 aliphatic heterocycles. The smallest absolute Gasteiger partial charge is 0.254 e. The van der Waals surface area contributed by atoms with Gasteiger partial charge < -0.3 is 5.32 Å². The maximum Gasteiger partial charge on any atom is 0.254 e. The molecule has 0 saturated carbocycles. The first-order valence-corrected chi connectivity index (χ1v) is 5.81. The van der Waals surface area contributed by atoms with E-state index in [0.717, 1.165) is 12.1 Å². The lowest BCUT2D eigenvalue weighted by atomic mass is 10.1. The van der Waals surface area contributed by atoms with Crippen LogP contribution >= 0.6 is 15.9 Å². The van der Waals surface area contributed by atoms with Gasteiger partial charge in [-0.1, -0.05) is 15.9 Å². The highest BCUT2D eigenvalue weighted by atomic mass is 79.9. The van der Waals surface area contributed by atoms with E-state index in [0.29, 0.717) is 11.4 Å². The molecule has 0 atom stereocenters. The van der Waals surface area contributed by atoms with Crippen molar-refractivity contribution in [3.63, 3.8) is 0 Å². The third kappa shape index (κ3) is 3.27. The van der Waals surface area contributed by atoms with Gasteiger partial charge >= 0.3 is 0 Å². The molecule has 0 fully saturated rings. The molecule has 2 nitrogen and oxygen atoms in total. The summed E-state index contributed by atoms with van der Waals surface area (Å²) in [6.07, 6.45) is 0. The lowest BCUT2D eigenvalue weighted by Crippen LogP contribution is -2.45. The van der Waals surface area contributed by atoms with Crippen LogP contribution in [0.3, 0.4) is 0 Å². The molecule has 0 spiro atoms. The second-order valence-electron chi connectivity index (χ2n) is 4.10. The lowest BCUT2D eigenvalue weighted by Gasteiger charge is -2.23. The van der Waals surface area contributed by atoms with Crippen molar-refractivity contribution in [3.05, 3.63) is 35.4 Å². The number of rotatable bonds is 3. The summed E-state index contributed by atoms with van der Waals surface area (Å²) in [5.41, 5.74) is -0.645. The molecule has 0 aliphatic rings. The van der Waals surface area contributed by atoms with Crippen LogP contribution in [0.25, 0.3) is 0 Å². The second-order valence-corrected chi connectivity index (χ2v) is 4.66.